The van der Waals surface area contributed by atoms with Crippen LogP contribution in [0.5, 0.6) is 0 Å². The molecule has 1 aromatic carbocycles. The maximum atomic E-state index is 14.4. The number of hydrogen-bond acceptors (Lipinski definition) is 4. The molecule has 7 heteroatoms. The predicted molar refractivity (Wildman–Crippen MR) is 95.8 cm³/mol. The normalized spacial score (nSPS) is 16.4. The molecule has 1 unspecified atom stereocenters. The van der Waals surface area contributed by atoms with Gasteiger partial charge >= 0.3 is 5.92 Å². The molecule has 0 amide bonds. The lowest BCUT2D eigenvalue weighted by Gasteiger charge is -2.23. The van der Waals surface area contributed by atoms with E-state index in [2.05, 4.69) is 10.3 Å². The summed E-state index contributed by atoms with van der Waals surface area (Å²) in [5, 5.41) is 2.95. The van der Waals surface area contributed by atoms with E-state index in [9.17, 15) is 17.2 Å². The number of alkyl halides is 2. The lowest BCUT2D eigenvalue weighted by molar-refractivity contribution is -0.0108. The lowest BCUT2D eigenvalue weighted by atomic mass is 10.0. The average molecular weight is 380 g/mol. The Morgan fingerprint density at radius 2 is 2.00 bits per heavy atom. The first-order chi connectivity index (χ1) is 12.3. The van der Waals surface area contributed by atoms with Gasteiger partial charge in [0.2, 0.25) is 0 Å². The fourth-order valence-corrected chi connectivity index (χ4v) is 3.90. The second-order valence-corrected chi connectivity index (χ2v) is 8.87. The molecule has 1 saturated carbocycles. The zero-order valence-corrected chi connectivity index (χ0v) is 15.3. The molecule has 1 aliphatic carbocycles. The van der Waals surface area contributed by atoms with Crippen molar-refractivity contribution in [2.75, 3.05) is 12.3 Å². The monoisotopic (exact) mass is 380 g/mol. The molecule has 0 aliphatic heterocycles. The van der Waals surface area contributed by atoms with Gasteiger partial charge in [-0.25, -0.2) is 8.42 Å². The Balaban J connectivity index is 1.80. The molecule has 3 rings (SSSR count). The molecule has 26 heavy (non-hydrogen) atoms. The first-order valence-corrected chi connectivity index (χ1v) is 10.3. The van der Waals surface area contributed by atoms with Crippen LogP contribution in [-0.4, -0.2) is 25.7 Å². The second kappa shape index (κ2) is 7.40. The first-order valence-electron chi connectivity index (χ1n) is 8.69. The molecular weight excluding hydrogens is 358 g/mol. The van der Waals surface area contributed by atoms with Crippen LogP contribution < -0.4 is 5.32 Å². The van der Waals surface area contributed by atoms with Gasteiger partial charge in [0.1, 0.15) is 5.69 Å². The molecule has 140 valence electrons. The van der Waals surface area contributed by atoms with Gasteiger partial charge < -0.3 is 5.32 Å². The number of pyridine rings is 1. The summed E-state index contributed by atoms with van der Waals surface area (Å²) in [4.78, 5) is 3.99. The van der Waals surface area contributed by atoms with E-state index in [0.29, 0.717) is 0 Å². The van der Waals surface area contributed by atoms with Crippen molar-refractivity contribution in [1.82, 2.24) is 10.3 Å². The smallest absolute Gasteiger partial charge is 0.301 e. The van der Waals surface area contributed by atoms with Crippen molar-refractivity contribution in [3.63, 3.8) is 0 Å². The van der Waals surface area contributed by atoms with Crippen molar-refractivity contribution >= 4 is 9.84 Å². The molecule has 4 nitrogen and oxygen atoms in total. The van der Waals surface area contributed by atoms with Crippen molar-refractivity contribution in [3.05, 3.63) is 59.9 Å². The average Bonchev–Trinajstić information content (AvgIpc) is 3.48. The summed E-state index contributed by atoms with van der Waals surface area (Å²) >= 11 is 0. The molecular formula is C19H22F2N2O2S. The number of nitrogens with zero attached hydrogens (tertiary/aromatic N) is 1. The molecule has 0 bridgehead atoms. The number of aromatic nitrogens is 1. The minimum absolute atomic E-state index is 0.00965. The molecule has 1 fully saturated rings. The van der Waals surface area contributed by atoms with Crippen molar-refractivity contribution in [2.24, 2.45) is 5.92 Å². The highest BCUT2D eigenvalue weighted by molar-refractivity contribution is 7.91. The van der Waals surface area contributed by atoms with Crippen LogP contribution in [0.2, 0.25) is 0 Å². The maximum absolute atomic E-state index is 14.4. The van der Waals surface area contributed by atoms with Crippen LogP contribution in [0.15, 0.2) is 53.6 Å². The van der Waals surface area contributed by atoms with Crippen LogP contribution in [-0.2, 0) is 15.8 Å². The van der Waals surface area contributed by atoms with Gasteiger partial charge in [0.05, 0.1) is 17.2 Å². The van der Waals surface area contributed by atoms with Crippen molar-refractivity contribution < 1.29 is 17.2 Å². The number of benzene rings is 1. The van der Waals surface area contributed by atoms with Crippen LogP contribution in [0.4, 0.5) is 8.78 Å². The van der Waals surface area contributed by atoms with Crippen LogP contribution in [0, 0.1) is 5.92 Å². The Bertz CT molecular complexity index is 853. The summed E-state index contributed by atoms with van der Waals surface area (Å²) in [6.07, 6.45) is 3.23. The van der Waals surface area contributed by atoms with Gasteiger partial charge in [0, 0.05) is 12.2 Å². The third-order valence-corrected chi connectivity index (χ3v) is 6.37. The fraction of sp³-hybridized carbons (Fsp3) is 0.421. The Kier molecular flexibility index (Phi) is 5.39. The van der Waals surface area contributed by atoms with Crippen molar-refractivity contribution in [2.45, 2.75) is 36.6 Å². The summed E-state index contributed by atoms with van der Waals surface area (Å²) in [5.74, 6) is -2.84. The van der Waals surface area contributed by atoms with Gasteiger partial charge in [-0.2, -0.15) is 8.78 Å². The highest BCUT2D eigenvalue weighted by atomic mass is 32.2. The van der Waals surface area contributed by atoms with E-state index < -0.39 is 22.3 Å². The van der Waals surface area contributed by atoms with Crippen LogP contribution >= 0.6 is 0 Å². The van der Waals surface area contributed by atoms with Gasteiger partial charge in [-0.15, -0.1) is 0 Å². The SMILES string of the molecule is CCS(=O)(=O)c1cccc(C(NCC(F)(F)c2ccccn2)C2CC2)c1. The molecule has 1 heterocycles. The quantitative estimate of drug-likeness (QED) is 0.759. The largest absolute Gasteiger partial charge is 0.304 e. The topological polar surface area (TPSA) is 59.1 Å². The highest BCUT2D eigenvalue weighted by Gasteiger charge is 2.38. The summed E-state index contributed by atoms with van der Waals surface area (Å²) < 4.78 is 53.1. The summed E-state index contributed by atoms with van der Waals surface area (Å²) in [7, 11) is -3.33. The molecule has 1 N–H and O–H groups in total. The predicted octanol–water partition coefficient (Wildman–Crippen LogP) is 3.71. The van der Waals surface area contributed by atoms with E-state index in [4.69, 9.17) is 0 Å². The summed E-state index contributed by atoms with van der Waals surface area (Å²) in [6, 6.07) is 10.8. The highest BCUT2D eigenvalue weighted by Crippen LogP contribution is 2.42. The minimum atomic E-state index is -3.33. The van der Waals surface area contributed by atoms with Crippen molar-refractivity contribution in [1.29, 1.82) is 0 Å². The lowest BCUT2D eigenvalue weighted by Crippen LogP contribution is -2.35. The minimum Gasteiger partial charge on any atom is -0.304 e. The molecule has 1 atom stereocenters. The van der Waals surface area contributed by atoms with E-state index in [-0.39, 0.29) is 28.3 Å². The summed E-state index contributed by atoms with van der Waals surface area (Å²) in [5.41, 5.74) is 0.461. The fourth-order valence-electron chi connectivity index (χ4n) is 2.96. The molecule has 0 spiro atoms. The van der Waals surface area contributed by atoms with E-state index in [1.165, 1.54) is 18.3 Å². The van der Waals surface area contributed by atoms with Gasteiger partial charge in [-0.05, 0) is 48.6 Å². The Morgan fingerprint density at radius 3 is 2.62 bits per heavy atom. The molecule has 1 aliphatic rings. The molecule has 0 radical (unpaired) electrons. The Morgan fingerprint density at radius 1 is 1.23 bits per heavy atom. The number of hydrogen-bond donors (Lipinski definition) is 1. The van der Waals surface area contributed by atoms with E-state index in [0.717, 1.165) is 18.4 Å². The third kappa shape index (κ3) is 4.27. The number of sulfone groups is 1. The molecule has 2 aromatic rings. The standard InChI is InChI=1S/C19H22F2N2O2S/c1-2-26(24,25)16-7-5-6-15(12-16)18(14-9-10-14)23-13-19(20,21)17-8-3-4-11-22-17/h3-8,11-12,14,18,23H,2,9-10,13H2,1H3. The Labute approximate surface area is 152 Å². The van der Waals surface area contributed by atoms with Gasteiger partial charge in [-0.3, -0.25) is 4.98 Å². The first kappa shape index (κ1) is 18.9. The number of rotatable bonds is 8. The van der Waals surface area contributed by atoms with E-state index >= 15 is 0 Å². The van der Waals surface area contributed by atoms with Crippen LogP contribution in [0.3, 0.4) is 0 Å². The number of halogens is 2. The van der Waals surface area contributed by atoms with E-state index in [1.807, 2.05) is 0 Å². The zero-order valence-electron chi connectivity index (χ0n) is 14.5. The Hall–Kier alpha value is -1.86. The molecule has 1 aromatic heterocycles. The van der Waals surface area contributed by atoms with Gasteiger partial charge in [0.25, 0.3) is 0 Å². The number of nitrogens with one attached hydrogen (secondary N) is 1. The van der Waals surface area contributed by atoms with Crippen LogP contribution in [0.25, 0.3) is 0 Å². The maximum Gasteiger partial charge on any atom is 0.301 e. The van der Waals surface area contributed by atoms with E-state index in [1.54, 1.807) is 37.3 Å². The molecule has 0 saturated heterocycles. The van der Waals surface area contributed by atoms with Gasteiger partial charge in [-0.1, -0.05) is 25.1 Å². The second-order valence-electron chi connectivity index (χ2n) is 6.59. The van der Waals surface area contributed by atoms with Crippen molar-refractivity contribution in [3.8, 4) is 0 Å². The van der Waals surface area contributed by atoms with Crippen LogP contribution in [0.1, 0.15) is 37.1 Å². The third-order valence-electron chi connectivity index (χ3n) is 4.63. The zero-order chi connectivity index (χ0) is 18.8. The summed E-state index contributed by atoms with van der Waals surface area (Å²) in [6.45, 7) is 1.04. The van der Waals surface area contributed by atoms with Gasteiger partial charge in [0.15, 0.2) is 9.84 Å².